The minimum Gasteiger partial charge on any atom is -0.398 e. The Morgan fingerprint density at radius 2 is 2.04 bits per heavy atom. The Hall–Kier alpha value is -2.99. The highest BCUT2D eigenvalue weighted by atomic mass is 16.2. The number of anilines is 1. The van der Waals surface area contributed by atoms with Crippen molar-refractivity contribution < 1.29 is 4.79 Å². The number of allylic oxidation sites excluding steroid dienone is 1. The smallest absolute Gasteiger partial charge is 0.241 e. The van der Waals surface area contributed by atoms with E-state index in [1.165, 1.54) is 12.3 Å². The Kier molecular flexibility index (Phi) is 5.60. The second-order valence-electron chi connectivity index (χ2n) is 5.04. The summed E-state index contributed by atoms with van der Waals surface area (Å²) in [5.41, 5.74) is 14.3. The molecule has 6 N–H and O–H groups in total. The van der Waals surface area contributed by atoms with E-state index in [0.717, 1.165) is 11.8 Å². The number of nitrogens with two attached hydrogens (primary N) is 2. The summed E-state index contributed by atoms with van der Waals surface area (Å²) < 4.78 is 0. The lowest BCUT2D eigenvalue weighted by Gasteiger charge is -2.13. The molecular weight excluding hydrogens is 290 g/mol. The summed E-state index contributed by atoms with van der Waals surface area (Å²) in [4.78, 5) is 16.2. The number of pyridine rings is 1. The molecule has 0 bridgehead atoms. The molecule has 1 unspecified atom stereocenters. The molecule has 1 aromatic carbocycles. The molecule has 0 saturated carbocycles. The number of carbonyl (C=O) groups excluding carboxylic acids is 1. The van der Waals surface area contributed by atoms with E-state index in [1.54, 1.807) is 12.3 Å². The molecule has 0 fully saturated rings. The van der Waals surface area contributed by atoms with Crippen LogP contribution in [-0.4, -0.2) is 23.1 Å². The molecule has 2 rings (SSSR count). The fraction of sp³-hybridized carbons (Fsp3) is 0.118. The van der Waals surface area contributed by atoms with E-state index in [1.807, 2.05) is 30.3 Å². The van der Waals surface area contributed by atoms with Crippen molar-refractivity contribution in [2.24, 2.45) is 11.5 Å². The van der Waals surface area contributed by atoms with E-state index in [9.17, 15) is 4.79 Å². The second-order valence-corrected chi connectivity index (χ2v) is 5.04. The number of hydrogen-bond acceptors (Lipinski definition) is 5. The molecule has 1 amide bonds. The van der Waals surface area contributed by atoms with E-state index in [2.05, 4.69) is 10.3 Å². The van der Waals surface area contributed by atoms with E-state index < -0.39 is 6.04 Å². The van der Waals surface area contributed by atoms with Gasteiger partial charge in [-0.3, -0.25) is 9.78 Å². The van der Waals surface area contributed by atoms with Gasteiger partial charge in [0.2, 0.25) is 5.91 Å². The molecule has 0 saturated heterocycles. The lowest BCUT2D eigenvalue weighted by molar-refractivity contribution is -0.117. The Balaban J connectivity index is 2.03. The van der Waals surface area contributed by atoms with Crippen molar-refractivity contribution in [2.75, 3.05) is 5.32 Å². The minimum absolute atomic E-state index is 0.289. The van der Waals surface area contributed by atoms with Crippen LogP contribution in [0.4, 0.5) is 5.69 Å². The summed E-state index contributed by atoms with van der Waals surface area (Å²) in [7, 11) is 0. The molecule has 0 radical (unpaired) electrons. The third-order valence-corrected chi connectivity index (χ3v) is 3.24. The highest BCUT2D eigenvalue weighted by Gasteiger charge is 2.14. The maximum Gasteiger partial charge on any atom is 0.241 e. The predicted octanol–water partition coefficient (Wildman–Crippen LogP) is 1.54. The van der Waals surface area contributed by atoms with Gasteiger partial charge in [-0.15, -0.1) is 0 Å². The molecule has 0 aliphatic carbocycles. The van der Waals surface area contributed by atoms with Gasteiger partial charge in [-0.25, -0.2) is 0 Å². The quantitative estimate of drug-likeness (QED) is 0.605. The fourth-order valence-corrected chi connectivity index (χ4v) is 2.05. The molecule has 23 heavy (non-hydrogen) atoms. The van der Waals surface area contributed by atoms with Crippen molar-refractivity contribution in [1.29, 1.82) is 5.41 Å². The van der Waals surface area contributed by atoms with Crippen molar-refractivity contribution >= 4 is 23.5 Å². The van der Waals surface area contributed by atoms with Crippen LogP contribution in [0.5, 0.6) is 0 Å². The summed E-state index contributed by atoms with van der Waals surface area (Å²) in [5.74, 6) is -0.289. The SMILES string of the molecule is N=C/C=C(\N)c1cncc(NC(=O)C(N)Cc2ccccc2)c1. The van der Waals surface area contributed by atoms with E-state index in [-0.39, 0.29) is 5.91 Å². The normalized spacial score (nSPS) is 12.5. The Morgan fingerprint density at radius 3 is 2.74 bits per heavy atom. The van der Waals surface area contributed by atoms with Gasteiger partial charge < -0.3 is 22.2 Å². The third kappa shape index (κ3) is 4.76. The Morgan fingerprint density at radius 1 is 1.30 bits per heavy atom. The minimum atomic E-state index is -0.657. The van der Waals surface area contributed by atoms with Crippen molar-refractivity contribution in [3.63, 3.8) is 0 Å². The number of aromatic nitrogens is 1. The van der Waals surface area contributed by atoms with Gasteiger partial charge in [0.05, 0.1) is 17.9 Å². The zero-order valence-corrected chi connectivity index (χ0v) is 12.6. The number of nitrogens with zero attached hydrogens (tertiary/aromatic N) is 1. The van der Waals surface area contributed by atoms with E-state index in [4.69, 9.17) is 16.9 Å². The maximum atomic E-state index is 12.2. The molecule has 1 atom stereocenters. The zero-order chi connectivity index (χ0) is 16.7. The first-order valence-corrected chi connectivity index (χ1v) is 7.12. The van der Waals surface area contributed by atoms with Crippen molar-refractivity contribution in [3.05, 3.63) is 66.0 Å². The van der Waals surface area contributed by atoms with Gasteiger partial charge in [-0.1, -0.05) is 30.3 Å². The van der Waals surface area contributed by atoms with Crippen LogP contribution in [0.2, 0.25) is 0 Å². The predicted molar refractivity (Wildman–Crippen MR) is 91.9 cm³/mol. The maximum absolute atomic E-state index is 12.2. The zero-order valence-electron chi connectivity index (χ0n) is 12.6. The summed E-state index contributed by atoms with van der Waals surface area (Å²) in [6.45, 7) is 0. The highest BCUT2D eigenvalue weighted by molar-refractivity contribution is 5.95. The first kappa shape index (κ1) is 16.4. The molecule has 0 spiro atoms. The first-order chi connectivity index (χ1) is 11.1. The van der Waals surface area contributed by atoms with E-state index >= 15 is 0 Å². The number of amides is 1. The van der Waals surface area contributed by atoms with Gasteiger partial charge in [0, 0.05) is 23.7 Å². The highest BCUT2D eigenvalue weighted by Crippen LogP contribution is 2.13. The van der Waals surface area contributed by atoms with Crippen LogP contribution in [0.15, 0.2) is 54.9 Å². The molecular formula is C17H19N5O. The van der Waals surface area contributed by atoms with Gasteiger partial charge >= 0.3 is 0 Å². The molecule has 1 heterocycles. The Bertz CT molecular complexity index is 712. The summed E-state index contributed by atoms with van der Waals surface area (Å²) in [5, 5.41) is 9.76. The lowest BCUT2D eigenvalue weighted by Crippen LogP contribution is -2.37. The number of hydrogen-bond donors (Lipinski definition) is 4. The molecule has 118 valence electrons. The molecule has 0 aliphatic rings. The molecule has 0 aliphatic heterocycles. The molecule has 6 nitrogen and oxygen atoms in total. The van der Waals surface area contributed by atoms with Crippen LogP contribution in [0, 0.1) is 5.41 Å². The van der Waals surface area contributed by atoms with Gasteiger partial charge in [-0.05, 0) is 24.1 Å². The number of rotatable bonds is 6. The van der Waals surface area contributed by atoms with E-state index in [0.29, 0.717) is 23.4 Å². The van der Waals surface area contributed by atoms with Gasteiger partial charge in [0.25, 0.3) is 0 Å². The van der Waals surface area contributed by atoms with Crippen LogP contribution >= 0.6 is 0 Å². The second kappa shape index (κ2) is 7.86. The monoisotopic (exact) mass is 309 g/mol. The van der Waals surface area contributed by atoms with Crippen LogP contribution < -0.4 is 16.8 Å². The number of carbonyl (C=O) groups is 1. The molecule has 6 heteroatoms. The summed E-state index contributed by atoms with van der Waals surface area (Å²) >= 11 is 0. The average molecular weight is 309 g/mol. The average Bonchev–Trinajstić information content (AvgIpc) is 2.56. The van der Waals surface area contributed by atoms with Gasteiger partial charge in [0.15, 0.2) is 0 Å². The number of benzene rings is 1. The number of nitrogens with one attached hydrogen (secondary N) is 2. The van der Waals surface area contributed by atoms with Crippen LogP contribution in [0.3, 0.4) is 0 Å². The largest absolute Gasteiger partial charge is 0.398 e. The van der Waals surface area contributed by atoms with Crippen molar-refractivity contribution in [3.8, 4) is 0 Å². The summed E-state index contributed by atoms with van der Waals surface area (Å²) in [6, 6.07) is 10.6. The van der Waals surface area contributed by atoms with Crippen molar-refractivity contribution in [1.82, 2.24) is 4.98 Å². The molecule has 1 aromatic heterocycles. The lowest BCUT2D eigenvalue weighted by atomic mass is 10.1. The topological polar surface area (TPSA) is 118 Å². The van der Waals surface area contributed by atoms with Crippen LogP contribution in [0.25, 0.3) is 5.70 Å². The van der Waals surface area contributed by atoms with Crippen LogP contribution in [0.1, 0.15) is 11.1 Å². The van der Waals surface area contributed by atoms with Gasteiger partial charge in [0.1, 0.15) is 0 Å². The molecule has 2 aromatic rings. The standard InChI is InChI=1S/C17H19N5O/c18-7-6-15(19)13-9-14(11-21-10-13)22-17(23)16(20)8-12-4-2-1-3-5-12/h1-7,9-11,16,18H,8,19-20H2,(H,22,23)/b15-6-,18-7?. The Labute approximate surface area is 134 Å². The first-order valence-electron chi connectivity index (χ1n) is 7.12. The van der Waals surface area contributed by atoms with Gasteiger partial charge in [-0.2, -0.15) is 0 Å². The summed E-state index contributed by atoms with van der Waals surface area (Å²) in [6.07, 6.45) is 6.08. The fourth-order valence-electron chi connectivity index (χ4n) is 2.05. The third-order valence-electron chi connectivity index (χ3n) is 3.24. The van der Waals surface area contributed by atoms with Crippen LogP contribution in [-0.2, 0) is 11.2 Å². The van der Waals surface area contributed by atoms with Crippen molar-refractivity contribution in [2.45, 2.75) is 12.5 Å².